The summed E-state index contributed by atoms with van der Waals surface area (Å²) in [5.74, 6) is -0.448. The fourth-order valence-electron chi connectivity index (χ4n) is 3.37. The standard InChI is InChI=1S/C23H23N5O3S2/c1-4-17(20(29)27-19-15(11-26-28(19)3)23(30)31-5-2)33-22-18-16(14-9-7-6-8-10-14)12-32-21(18)24-13-25-22/h6-13,17H,4-5H2,1-3H3,(H,27,29). The van der Waals surface area contributed by atoms with Gasteiger partial charge < -0.3 is 10.1 Å². The second kappa shape index (κ2) is 10.1. The fraction of sp³-hybridized carbons (Fsp3) is 0.261. The van der Waals surface area contributed by atoms with Crippen LogP contribution in [-0.4, -0.2) is 43.5 Å². The van der Waals surface area contributed by atoms with Gasteiger partial charge in [0.1, 0.15) is 27.6 Å². The molecule has 0 saturated carbocycles. The Bertz CT molecular complexity index is 1290. The Balaban J connectivity index is 1.62. The van der Waals surface area contributed by atoms with Crippen LogP contribution in [0.1, 0.15) is 30.6 Å². The van der Waals surface area contributed by atoms with Crippen LogP contribution in [0.2, 0.25) is 0 Å². The molecular weight excluding hydrogens is 458 g/mol. The highest BCUT2D eigenvalue weighted by atomic mass is 32.2. The van der Waals surface area contributed by atoms with E-state index in [1.165, 1.54) is 29.0 Å². The first-order valence-electron chi connectivity index (χ1n) is 10.5. The maximum Gasteiger partial charge on any atom is 0.343 e. The van der Waals surface area contributed by atoms with E-state index in [1.807, 2.05) is 37.3 Å². The van der Waals surface area contributed by atoms with Gasteiger partial charge in [-0.25, -0.2) is 14.8 Å². The topological polar surface area (TPSA) is 99.0 Å². The number of aryl methyl sites for hydroxylation is 1. The summed E-state index contributed by atoms with van der Waals surface area (Å²) < 4.78 is 6.53. The summed E-state index contributed by atoms with van der Waals surface area (Å²) >= 11 is 2.94. The van der Waals surface area contributed by atoms with Gasteiger partial charge >= 0.3 is 5.97 Å². The van der Waals surface area contributed by atoms with Gasteiger partial charge in [-0.3, -0.25) is 9.48 Å². The molecule has 0 spiro atoms. The van der Waals surface area contributed by atoms with Crippen molar-refractivity contribution in [2.75, 3.05) is 11.9 Å². The first-order valence-corrected chi connectivity index (χ1v) is 12.2. The highest BCUT2D eigenvalue weighted by molar-refractivity contribution is 8.00. The SMILES string of the molecule is CCOC(=O)c1cnn(C)c1NC(=O)C(CC)Sc1ncnc2scc(-c3ccccc3)c12. The Morgan fingerprint density at radius 1 is 1.21 bits per heavy atom. The van der Waals surface area contributed by atoms with Gasteiger partial charge in [-0.1, -0.05) is 49.0 Å². The molecule has 33 heavy (non-hydrogen) atoms. The lowest BCUT2D eigenvalue weighted by Gasteiger charge is -2.16. The minimum absolute atomic E-state index is 0.223. The molecule has 0 fully saturated rings. The number of carbonyl (C=O) groups excluding carboxylic acids is 2. The lowest BCUT2D eigenvalue weighted by atomic mass is 10.1. The van der Waals surface area contributed by atoms with Crippen molar-refractivity contribution in [3.8, 4) is 11.1 Å². The number of rotatable bonds is 8. The van der Waals surface area contributed by atoms with Crippen LogP contribution in [0.15, 0.2) is 53.3 Å². The van der Waals surface area contributed by atoms with E-state index in [0.29, 0.717) is 12.2 Å². The number of esters is 1. The average Bonchev–Trinajstić information content (AvgIpc) is 3.42. The minimum Gasteiger partial charge on any atom is -0.462 e. The number of anilines is 1. The molecule has 8 nitrogen and oxygen atoms in total. The van der Waals surface area contributed by atoms with E-state index in [9.17, 15) is 9.59 Å². The number of nitrogens with zero attached hydrogens (tertiary/aromatic N) is 4. The molecule has 0 bridgehead atoms. The molecule has 1 atom stereocenters. The predicted molar refractivity (Wildman–Crippen MR) is 131 cm³/mol. The first kappa shape index (κ1) is 22.9. The van der Waals surface area contributed by atoms with Crippen molar-refractivity contribution < 1.29 is 14.3 Å². The molecule has 4 aromatic rings. The normalized spacial score (nSPS) is 12.0. The summed E-state index contributed by atoms with van der Waals surface area (Å²) in [7, 11) is 1.66. The molecule has 1 aromatic carbocycles. The highest BCUT2D eigenvalue weighted by Crippen LogP contribution is 2.39. The van der Waals surface area contributed by atoms with Crippen molar-refractivity contribution >= 4 is 51.0 Å². The smallest absolute Gasteiger partial charge is 0.343 e. The lowest BCUT2D eigenvalue weighted by Crippen LogP contribution is -2.27. The summed E-state index contributed by atoms with van der Waals surface area (Å²) in [6, 6.07) is 10.1. The Kier molecular flexibility index (Phi) is 7.05. The molecule has 1 N–H and O–H groups in total. The van der Waals surface area contributed by atoms with Gasteiger partial charge in [-0.05, 0) is 18.9 Å². The van der Waals surface area contributed by atoms with Crippen LogP contribution in [-0.2, 0) is 16.6 Å². The van der Waals surface area contributed by atoms with Gasteiger partial charge in [0.15, 0.2) is 0 Å². The number of hydrogen-bond acceptors (Lipinski definition) is 8. The molecule has 0 aliphatic heterocycles. The number of hydrogen-bond donors (Lipinski definition) is 1. The molecule has 1 unspecified atom stereocenters. The van der Waals surface area contributed by atoms with E-state index in [2.05, 4.69) is 25.8 Å². The second-order valence-corrected chi connectivity index (χ2v) is 9.18. The summed E-state index contributed by atoms with van der Waals surface area (Å²) in [6.45, 7) is 3.91. The zero-order valence-electron chi connectivity index (χ0n) is 18.4. The van der Waals surface area contributed by atoms with Crippen LogP contribution < -0.4 is 5.32 Å². The quantitative estimate of drug-likeness (QED) is 0.220. The van der Waals surface area contributed by atoms with Gasteiger partial charge in [0, 0.05) is 18.0 Å². The van der Waals surface area contributed by atoms with E-state index >= 15 is 0 Å². The van der Waals surface area contributed by atoms with Crippen LogP contribution in [0.3, 0.4) is 0 Å². The van der Waals surface area contributed by atoms with Crippen molar-refractivity contribution in [1.82, 2.24) is 19.7 Å². The van der Waals surface area contributed by atoms with Crippen LogP contribution in [0.4, 0.5) is 5.82 Å². The van der Waals surface area contributed by atoms with E-state index in [4.69, 9.17) is 4.74 Å². The fourth-order valence-corrected chi connectivity index (χ4v) is 5.38. The van der Waals surface area contributed by atoms with Crippen LogP contribution in [0.25, 0.3) is 21.3 Å². The summed E-state index contributed by atoms with van der Waals surface area (Å²) in [5, 5.41) is 10.3. The number of fused-ring (bicyclic) bond motifs is 1. The van der Waals surface area contributed by atoms with Crippen molar-refractivity contribution in [3.63, 3.8) is 0 Å². The van der Waals surface area contributed by atoms with Gasteiger partial charge in [0.25, 0.3) is 0 Å². The Morgan fingerprint density at radius 3 is 2.73 bits per heavy atom. The molecule has 4 rings (SSSR count). The maximum absolute atomic E-state index is 13.2. The summed E-state index contributed by atoms with van der Waals surface area (Å²) in [6.07, 6.45) is 3.49. The number of aromatic nitrogens is 4. The summed E-state index contributed by atoms with van der Waals surface area (Å²) in [5.41, 5.74) is 2.35. The molecule has 0 saturated heterocycles. The number of carbonyl (C=O) groups is 2. The van der Waals surface area contributed by atoms with Crippen LogP contribution >= 0.6 is 23.1 Å². The van der Waals surface area contributed by atoms with E-state index < -0.39 is 11.2 Å². The molecule has 10 heteroatoms. The zero-order chi connectivity index (χ0) is 23.4. The molecule has 0 radical (unpaired) electrons. The van der Waals surface area contributed by atoms with Gasteiger partial charge in [-0.2, -0.15) is 5.10 Å². The highest BCUT2D eigenvalue weighted by Gasteiger charge is 2.25. The largest absolute Gasteiger partial charge is 0.462 e. The number of amides is 1. The third-order valence-electron chi connectivity index (χ3n) is 5.01. The molecule has 170 valence electrons. The number of nitrogens with one attached hydrogen (secondary N) is 1. The van der Waals surface area contributed by atoms with E-state index in [1.54, 1.807) is 25.3 Å². The van der Waals surface area contributed by atoms with Crippen molar-refractivity contribution in [2.45, 2.75) is 30.5 Å². The molecule has 3 heterocycles. The van der Waals surface area contributed by atoms with Crippen molar-refractivity contribution in [3.05, 3.63) is 53.8 Å². The van der Waals surface area contributed by atoms with Gasteiger partial charge in [-0.15, -0.1) is 11.3 Å². The van der Waals surface area contributed by atoms with Crippen LogP contribution in [0.5, 0.6) is 0 Å². The Morgan fingerprint density at radius 2 is 2.00 bits per heavy atom. The monoisotopic (exact) mass is 481 g/mol. The predicted octanol–water partition coefficient (Wildman–Crippen LogP) is 4.78. The minimum atomic E-state index is -0.523. The third kappa shape index (κ3) is 4.76. The van der Waals surface area contributed by atoms with Crippen molar-refractivity contribution in [2.24, 2.45) is 7.05 Å². The second-order valence-electron chi connectivity index (χ2n) is 7.13. The lowest BCUT2D eigenvalue weighted by molar-refractivity contribution is -0.115. The maximum atomic E-state index is 13.2. The Labute approximate surface area is 199 Å². The number of thiophene rings is 1. The first-order chi connectivity index (χ1) is 16.0. The van der Waals surface area contributed by atoms with Gasteiger partial charge in [0.05, 0.1) is 23.4 Å². The Hall–Kier alpha value is -3.24. The number of benzene rings is 1. The molecule has 3 aromatic heterocycles. The van der Waals surface area contributed by atoms with Gasteiger partial charge in [0.2, 0.25) is 5.91 Å². The third-order valence-corrected chi connectivity index (χ3v) is 7.26. The number of ether oxygens (including phenoxy) is 1. The molecule has 1 amide bonds. The molecule has 0 aliphatic carbocycles. The average molecular weight is 482 g/mol. The van der Waals surface area contributed by atoms with Crippen molar-refractivity contribution in [1.29, 1.82) is 0 Å². The number of thioether (sulfide) groups is 1. The summed E-state index contributed by atoms with van der Waals surface area (Å²) in [4.78, 5) is 35.2. The van der Waals surface area contributed by atoms with E-state index in [0.717, 1.165) is 26.4 Å². The van der Waals surface area contributed by atoms with Crippen LogP contribution in [0, 0.1) is 0 Å². The van der Waals surface area contributed by atoms with E-state index in [-0.39, 0.29) is 18.1 Å². The molecular formula is C23H23N5O3S2. The zero-order valence-corrected chi connectivity index (χ0v) is 20.1. The molecule has 0 aliphatic rings.